The molecule has 1 aliphatic heterocycles. The standard InChI is InChI=1S/C21H26N4O3/c1-28-15-10-22-19(26)16-24-11-13-25(14-12-24)20(27)8-7-18-5-2-4-17-6-3-9-23-21(17)18/h2-9H,10-16H2,1H3,(H,22,26)/b8-7+. The highest BCUT2D eigenvalue weighted by molar-refractivity contribution is 5.95. The fraction of sp³-hybridized carbons (Fsp3) is 0.381. The zero-order chi connectivity index (χ0) is 19.8. The lowest BCUT2D eigenvalue weighted by Gasteiger charge is -2.33. The first-order valence-electron chi connectivity index (χ1n) is 9.46. The molecule has 0 spiro atoms. The van der Waals surface area contributed by atoms with Gasteiger partial charge in [0.1, 0.15) is 0 Å². The molecule has 1 aromatic carbocycles. The number of carbonyl (C=O) groups is 2. The zero-order valence-corrected chi connectivity index (χ0v) is 16.1. The van der Waals surface area contributed by atoms with Crippen LogP contribution in [0.2, 0.25) is 0 Å². The van der Waals surface area contributed by atoms with Gasteiger partial charge in [-0.2, -0.15) is 0 Å². The van der Waals surface area contributed by atoms with Crippen LogP contribution in [-0.2, 0) is 14.3 Å². The number of hydrogen-bond donors (Lipinski definition) is 1. The van der Waals surface area contributed by atoms with Crippen molar-refractivity contribution in [3.05, 3.63) is 48.2 Å². The zero-order valence-electron chi connectivity index (χ0n) is 16.1. The predicted octanol–water partition coefficient (Wildman–Crippen LogP) is 1.15. The second-order valence-corrected chi connectivity index (χ2v) is 6.70. The van der Waals surface area contributed by atoms with Gasteiger partial charge in [0.15, 0.2) is 0 Å². The molecule has 0 radical (unpaired) electrons. The van der Waals surface area contributed by atoms with Crippen LogP contribution in [0.1, 0.15) is 5.56 Å². The molecule has 0 bridgehead atoms. The van der Waals surface area contributed by atoms with Gasteiger partial charge in [0.05, 0.1) is 18.7 Å². The number of para-hydroxylation sites is 1. The Labute approximate surface area is 165 Å². The first kappa shape index (κ1) is 20.0. The third-order valence-electron chi connectivity index (χ3n) is 4.75. The molecule has 1 aliphatic rings. The van der Waals surface area contributed by atoms with Gasteiger partial charge in [-0.1, -0.05) is 24.3 Å². The lowest BCUT2D eigenvalue weighted by atomic mass is 10.1. The minimum atomic E-state index is -0.0165. The van der Waals surface area contributed by atoms with Gasteiger partial charge in [-0.25, -0.2) is 0 Å². The summed E-state index contributed by atoms with van der Waals surface area (Å²) in [5.41, 5.74) is 1.82. The van der Waals surface area contributed by atoms with Gasteiger partial charge in [-0.15, -0.1) is 0 Å². The van der Waals surface area contributed by atoms with E-state index in [9.17, 15) is 9.59 Å². The van der Waals surface area contributed by atoms with E-state index in [4.69, 9.17) is 4.74 Å². The number of ether oxygens (including phenoxy) is 1. The molecule has 3 rings (SSSR count). The molecule has 2 aromatic rings. The maximum absolute atomic E-state index is 12.5. The number of nitrogens with zero attached hydrogens (tertiary/aromatic N) is 3. The highest BCUT2D eigenvalue weighted by Gasteiger charge is 2.21. The van der Waals surface area contributed by atoms with E-state index in [0.717, 1.165) is 16.5 Å². The molecule has 0 unspecified atom stereocenters. The lowest BCUT2D eigenvalue weighted by molar-refractivity contribution is -0.128. The van der Waals surface area contributed by atoms with Gasteiger partial charge in [0.25, 0.3) is 0 Å². The van der Waals surface area contributed by atoms with Gasteiger partial charge >= 0.3 is 0 Å². The molecule has 0 atom stereocenters. The van der Waals surface area contributed by atoms with Gasteiger partial charge in [-0.3, -0.25) is 19.5 Å². The van der Waals surface area contributed by atoms with Gasteiger partial charge in [0.2, 0.25) is 11.8 Å². The second-order valence-electron chi connectivity index (χ2n) is 6.70. The molecular formula is C21H26N4O3. The SMILES string of the molecule is COCCNC(=O)CN1CCN(C(=O)/C=C/c2cccc3cccnc23)CC1. The summed E-state index contributed by atoms with van der Waals surface area (Å²) in [7, 11) is 1.60. The van der Waals surface area contributed by atoms with Crippen LogP contribution in [0, 0.1) is 0 Å². The number of hydrogen-bond acceptors (Lipinski definition) is 5. The summed E-state index contributed by atoms with van der Waals surface area (Å²) in [6, 6.07) is 9.83. The number of nitrogens with one attached hydrogen (secondary N) is 1. The fourth-order valence-corrected chi connectivity index (χ4v) is 3.21. The van der Waals surface area contributed by atoms with E-state index in [1.165, 1.54) is 0 Å². The Kier molecular flexibility index (Phi) is 7.11. The van der Waals surface area contributed by atoms with Crippen molar-refractivity contribution in [1.29, 1.82) is 0 Å². The Morgan fingerprint density at radius 2 is 1.96 bits per heavy atom. The minimum Gasteiger partial charge on any atom is -0.383 e. The van der Waals surface area contributed by atoms with Crippen molar-refractivity contribution < 1.29 is 14.3 Å². The number of fused-ring (bicyclic) bond motifs is 1. The number of carbonyl (C=O) groups excluding carboxylic acids is 2. The average molecular weight is 382 g/mol. The molecule has 1 N–H and O–H groups in total. The van der Waals surface area contributed by atoms with Crippen LogP contribution < -0.4 is 5.32 Å². The summed E-state index contributed by atoms with van der Waals surface area (Å²) in [4.78, 5) is 32.7. The van der Waals surface area contributed by atoms with Crippen LogP contribution in [0.25, 0.3) is 17.0 Å². The highest BCUT2D eigenvalue weighted by Crippen LogP contribution is 2.17. The molecule has 7 nitrogen and oxygen atoms in total. The summed E-state index contributed by atoms with van der Waals surface area (Å²) in [5.74, 6) is -0.0303. The van der Waals surface area contributed by atoms with Crippen LogP contribution in [0.5, 0.6) is 0 Å². The topological polar surface area (TPSA) is 74.8 Å². The van der Waals surface area contributed by atoms with E-state index < -0.39 is 0 Å². The van der Waals surface area contributed by atoms with Gasteiger partial charge < -0.3 is 15.0 Å². The average Bonchev–Trinajstić information content (AvgIpc) is 2.72. The first-order chi connectivity index (χ1) is 13.7. The molecule has 28 heavy (non-hydrogen) atoms. The normalized spacial score (nSPS) is 15.2. The van der Waals surface area contributed by atoms with Gasteiger partial charge in [0, 0.05) is 63.1 Å². The van der Waals surface area contributed by atoms with Crippen molar-refractivity contribution in [2.45, 2.75) is 0 Å². The van der Waals surface area contributed by atoms with E-state index in [0.29, 0.717) is 45.9 Å². The monoisotopic (exact) mass is 382 g/mol. The fourth-order valence-electron chi connectivity index (χ4n) is 3.21. The summed E-state index contributed by atoms with van der Waals surface area (Å²) < 4.78 is 4.92. The predicted molar refractivity (Wildman–Crippen MR) is 109 cm³/mol. The van der Waals surface area contributed by atoms with Crippen molar-refractivity contribution in [2.24, 2.45) is 0 Å². The van der Waals surface area contributed by atoms with E-state index in [-0.39, 0.29) is 11.8 Å². The van der Waals surface area contributed by atoms with Crippen molar-refractivity contribution in [3.63, 3.8) is 0 Å². The maximum atomic E-state index is 12.5. The van der Waals surface area contributed by atoms with Crippen molar-refractivity contribution in [3.8, 4) is 0 Å². The summed E-state index contributed by atoms with van der Waals surface area (Å²) in [6.45, 7) is 3.97. The maximum Gasteiger partial charge on any atom is 0.246 e. The molecule has 2 amide bonds. The molecule has 0 aliphatic carbocycles. The molecule has 1 saturated heterocycles. The van der Waals surface area contributed by atoms with Crippen LogP contribution in [0.3, 0.4) is 0 Å². The van der Waals surface area contributed by atoms with Crippen LogP contribution in [0.4, 0.5) is 0 Å². The molecule has 148 valence electrons. The van der Waals surface area contributed by atoms with Crippen LogP contribution in [0.15, 0.2) is 42.6 Å². The van der Waals surface area contributed by atoms with Crippen molar-refractivity contribution in [1.82, 2.24) is 20.1 Å². The Bertz CT molecular complexity index is 839. The third-order valence-corrected chi connectivity index (χ3v) is 4.75. The minimum absolute atomic E-state index is 0.0137. The molecular weight excluding hydrogens is 356 g/mol. The van der Waals surface area contributed by atoms with Crippen molar-refractivity contribution >= 4 is 28.8 Å². The number of rotatable bonds is 7. The number of pyridine rings is 1. The lowest BCUT2D eigenvalue weighted by Crippen LogP contribution is -2.51. The number of amides is 2. The van der Waals surface area contributed by atoms with Gasteiger partial charge in [-0.05, 0) is 12.1 Å². The highest BCUT2D eigenvalue weighted by atomic mass is 16.5. The number of aromatic nitrogens is 1. The van der Waals surface area contributed by atoms with Crippen LogP contribution in [-0.4, -0.2) is 79.6 Å². The first-order valence-corrected chi connectivity index (χ1v) is 9.46. The second kappa shape index (κ2) is 9.96. The quantitative estimate of drug-likeness (QED) is 0.575. The Morgan fingerprint density at radius 3 is 2.75 bits per heavy atom. The Hall–Kier alpha value is -2.77. The Morgan fingerprint density at radius 1 is 1.18 bits per heavy atom. The summed E-state index contributed by atoms with van der Waals surface area (Å²) in [5, 5.41) is 3.87. The molecule has 2 heterocycles. The molecule has 7 heteroatoms. The number of benzene rings is 1. The van der Waals surface area contributed by atoms with E-state index >= 15 is 0 Å². The Balaban J connectivity index is 1.50. The largest absolute Gasteiger partial charge is 0.383 e. The molecule has 1 fully saturated rings. The molecule has 1 aromatic heterocycles. The number of piperazine rings is 1. The summed E-state index contributed by atoms with van der Waals surface area (Å²) in [6.07, 6.45) is 5.19. The van der Waals surface area contributed by atoms with E-state index in [1.54, 1.807) is 19.4 Å². The van der Waals surface area contributed by atoms with Crippen molar-refractivity contribution in [2.75, 3.05) is 53.0 Å². The molecule has 0 saturated carbocycles. The smallest absolute Gasteiger partial charge is 0.246 e. The van der Waals surface area contributed by atoms with E-state index in [2.05, 4.69) is 15.2 Å². The summed E-state index contributed by atoms with van der Waals surface area (Å²) >= 11 is 0. The number of methoxy groups -OCH3 is 1. The van der Waals surface area contributed by atoms with E-state index in [1.807, 2.05) is 41.3 Å². The van der Waals surface area contributed by atoms with Crippen LogP contribution >= 0.6 is 0 Å². The third kappa shape index (κ3) is 5.37.